The number of hydrogen-bond acceptors (Lipinski definition) is 5. The van der Waals surface area contributed by atoms with E-state index < -0.39 is 23.5 Å². The number of aromatic nitrogens is 1. The first kappa shape index (κ1) is 21.7. The number of ketones is 1. The van der Waals surface area contributed by atoms with Crippen LogP contribution >= 0.6 is 0 Å². The average molecular weight is 479 g/mol. The van der Waals surface area contributed by atoms with E-state index >= 15 is 0 Å². The number of phenolic OH excluding ortho intramolecular Hbond substituents is 1. The van der Waals surface area contributed by atoms with Gasteiger partial charge in [-0.2, -0.15) is 0 Å². The zero-order valence-electron chi connectivity index (χ0n) is 19.1. The number of amides is 1. The van der Waals surface area contributed by atoms with E-state index in [9.17, 15) is 19.8 Å². The smallest absolute Gasteiger partial charge is 0.290 e. The normalized spacial score (nSPS) is 15.9. The average Bonchev–Trinajstić information content (AvgIpc) is 3.57. The number of nitrogens with zero attached hydrogens (tertiary/aromatic N) is 1. The van der Waals surface area contributed by atoms with E-state index in [0.29, 0.717) is 17.6 Å². The van der Waals surface area contributed by atoms with Crippen molar-refractivity contribution < 1.29 is 24.2 Å². The molecule has 3 aromatic carbocycles. The number of rotatable bonds is 6. The summed E-state index contributed by atoms with van der Waals surface area (Å²) in [6.07, 6.45) is 2.41. The highest BCUT2D eigenvalue weighted by Crippen LogP contribution is 2.40. The topological polar surface area (TPSA) is 107 Å². The number of benzene rings is 3. The minimum atomic E-state index is -0.879. The van der Waals surface area contributed by atoms with Gasteiger partial charge in [0, 0.05) is 29.0 Å². The fraction of sp³-hybridized carbons (Fsp3) is 0.103. The van der Waals surface area contributed by atoms with Crippen LogP contribution in [0, 0.1) is 0 Å². The second kappa shape index (κ2) is 8.46. The molecule has 178 valence electrons. The number of nitrogens with one attached hydrogen (secondary N) is 1. The van der Waals surface area contributed by atoms with Gasteiger partial charge in [0.1, 0.15) is 11.3 Å². The number of aromatic amines is 1. The predicted molar refractivity (Wildman–Crippen MR) is 135 cm³/mol. The summed E-state index contributed by atoms with van der Waals surface area (Å²) in [7, 11) is 0. The van der Waals surface area contributed by atoms with Crippen molar-refractivity contribution in [3.05, 3.63) is 113 Å². The first-order valence-corrected chi connectivity index (χ1v) is 11.6. The van der Waals surface area contributed by atoms with Crippen LogP contribution in [0.25, 0.3) is 21.9 Å². The Morgan fingerprint density at radius 2 is 1.78 bits per heavy atom. The molecule has 1 amide bonds. The third-order valence-corrected chi connectivity index (χ3v) is 6.68. The summed E-state index contributed by atoms with van der Waals surface area (Å²) in [5.74, 6) is -1.78. The van der Waals surface area contributed by atoms with Crippen molar-refractivity contribution in [3.8, 4) is 5.75 Å². The van der Waals surface area contributed by atoms with Gasteiger partial charge in [-0.05, 0) is 47.9 Å². The molecule has 5 aromatic rings. The van der Waals surface area contributed by atoms with E-state index in [2.05, 4.69) is 4.98 Å². The number of carbonyl (C=O) groups is 2. The Hall–Kier alpha value is -4.78. The largest absolute Gasteiger partial charge is 0.508 e. The second-order valence-corrected chi connectivity index (χ2v) is 8.85. The first-order chi connectivity index (χ1) is 17.5. The maximum absolute atomic E-state index is 13.6. The minimum Gasteiger partial charge on any atom is -0.508 e. The van der Waals surface area contributed by atoms with Gasteiger partial charge in [-0.25, -0.2) is 0 Å². The summed E-state index contributed by atoms with van der Waals surface area (Å²) in [5, 5.41) is 22.9. The van der Waals surface area contributed by atoms with E-state index in [1.54, 1.807) is 30.3 Å². The monoisotopic (exact) mass is 478 g/mol. The SMILES string of the molecule is O=C(C1=C(O)C(=O)N(CCc2c[nH]c3ccccc23)C1c1cccc(O)c1)c1cc2ccccc2o1. The fourth-order valence-electron chi connectivity index (χ4n) is 4.96. The van der Waals surface area contributed by atoms with E-state index in [1.807, 2.05) is 42.6 Å². The number of para-hydroxylation sites is 2. The van der Waals surface area contributed by atoms with Crippen molar-refractivity contribution in [2.75, 3.05) is 6.54 Å². The van der Waals surface area contributed by atoms with Crippen LogP contribution in [0.4, 0.5) is 0 Å². The molecule has 0 fully saturated rings. The Morgan fingerprint density at radius 1 is 0.972 bits per heavy atom. The Labute approximate surface area is 205 Å². The number of Topliss-reactive ketones (excluding diaryl/α,β-unsaturated/α-hetero) is 1. The van der Waals surface area contributed by atoms with Gasteiger partial charge >= 0.3 is 0 Å². The summed E-state index contributed by atoms with van der Waals surface area (Å²) in [6, 6.07) is 22.2. The van der Waals surface area contributed by atoms with Crippen molar-refractivity contribution in [1.29, 1.82) is 0 Å². The van der Waals surface area contributed by atoms with Crippen molar-refractivity contribution in [2.45, 2.75) is 12.5 Å². The fourth-order valence-corrected chi connectivity index (χ4v) is 4.96. The molecule has 6 rings (SSSR count). The van der Waals surface area contributed by atoms with Crippen LogP contribution in [0.5, 0.6) is 5.75 Å². The standard InChI is InChI=1S/C29H22N2O5/c32-20-8-5-7-18(14-20)26-25(27(33)24-15-17-6-1-4-11-23(17)36-24)28(34)29(35)31(26)13-12-19-16-30-22-10-3-2-9-21(19)22/h1-11,14-16,26,30,32,34H,12-13H2. The molecule has 0 radical (unpaired) electrons. The highest BCUT2D eigenvalue weighted by molar-refractivity contribution is 6.16. The minimum absolute atomic E-state index is 0.00143. The van der Waals surface area contributed by atoms with Gasteiger partial charge in [-0.3, -0.25) is 9.59 Å². The van der Waals surface area contributed by atoms with Crippen LogP contribution in [0.1, 0.15) is 27.7 Å². The van der Waals surface area contributed by atoms with Crippen LogP contribution in [0.2, 0.25) is 0 Å². The van der Waals surface area contributed by atoms with Crippen molar-refractivity contribution >= 4 is 33.6 Å². The molecule has 2 aromatic heterocycles. The maximum atomic E-state index is 13.6. The molecule has 1 aliphatic heterocycles. The molecule has 1 atom stereocenters. The van der Waals surface area contributed by atoms with E-state index in [0.717, 1.165) is 21.9 Å². The molecule has 3 heterocycles. The van der Waals surface area contributed by atoms with Crippen molar-refractivity contribution in [3.63, 3.8) is 0 Å². The number of furan rings is 1. The molecule has 0 saturated carbocycles. The second-order valence-electron chi connectivity index (χ2n) is 8.85. The summed E-state index contributed by atoms with van der Waals surface area (Å²) < 4.78 is 5.76. The lowest BCUT2D eigenvalue weighted by molar-refractivity contribution is -0.129. The number of aromatic hydroxyl groups is 1. The number of phenols is 1. The highest BCUT2D eigenvalue weighted by Gasteiger charge is 2.44. The van der Waals surface area contributed by atoms with Gasteiger partial charge < -0.3 is 24.5 Å². The quantitative estimate of drug-likeness (QED) is 0.282. The molecule has 1 unspecified atom stereocenters. The lowest BCUT2D eigenvalue weighted by Crippen LogP contribution is -2.33. The first-order valence-electron chi connectivity index (χ1n) is 11.6. The third kappa shape index (κ3) is 3.53. The molecule has 0 aliphatic carbocycles. The zero-order chi connectivity index (χ0) is 24.8. The van der Waals surface area contributed by atoms with E-state index in [4.69, 9.17) is 4.42 Å². The van der Waals surface area contributed by atoms with Crippen molar-refractivity contribution in [2.24, 2.45) is 0 Å². The van der Waals surface area contributed by atoms with Crippen LogP contribution in [0.15, 0.2) is 101 Å². The lowest BCUT2D eigenvalue weighted by atomic mass is 9.94. The molecule has 0 bridgehead atoms. The van der Waals surface area contributed by atoms with Gasteiger partial charge in [0.05, 0.1) is 11.6 Å². The molecule has 1 aliphatic rings. The Bertz CT molecular complexity index is 1640. The molecule has 3 N–H and O–H groups in total. The van der Waals surface area contributed by atoms with Gasteiger partial charge in [0.15, 0.2) is 11.5 Å². The molecule has 7 heteroatoms. The van der Waals surface area contributed by atoms with Gasteiger partial charge in [-0.1, -0.05) is 48.5 Å². The zero-order valence-corrected chi connectivity index (χ0v) is 19.1. The molecule has 0 spiro atoms. The predicted octanol–water partition coefficient (Wildman–Crippen LogP) is 5.44. The number of H-pyrrole nitrogens is 1. The van der Waals surface area contributed by atoms with Crippen LogP contribution in [-0.4, -0.2) is 38.3 Å². The van der Waals surface area contributed by atoms with Crippen molar-refractivity contribution in [1.82, 2.24) is 9.88 Å². The number of aliphatic hydroxyl groups excluding tert-OH is 1. The molecular formula is C29H22N2O5. The van der Waals surface area contributed by atoms with Crippen LogP contribution < -0.4 is 0 Å². The molecule has 36 heavy (non-hydrogen) atoms. The number of hydrogen-bond donors (Lipinski definition) is 3. The molecular weight excluding hydrogens is 456 g/mol. The number of aliphatic hydroxyl groups is 1. The Balaban J connectivity index is 1.39. The molecule has 0 saturated heterocycles. The number of fused-ring (bicyclic) bond motifs is 2. The van der Waals surface area contributed by atoms with Gasteiger partial charge in [-0.15, -0.1) is 0 Å². The van der Waals surface area contributed by atoms with Crippen LogP contribution in [0.3, 0.4) is 0 Å². The lowest BCUT2D eigenvalue weighted by Gasteiger charge is -2.26. The summed E-state index contributed by atoms with van der Waals surface area (Å²) in [5.41, 5.74) is 3.00. The molecule has 7 nitrogen and oxygen atoms in total. The van der Waals surface area contributed by atoms with Crippen LogP contribution in [-0.2, 0) is 11.2 Å². The highest BCUT2D eigenvalue weighted by atomic mass is 16.3. The maximum Gasteiger partial charge on any atom is 0.290 e. The summed E-state index contributed by atoms with van der Waals surface area (Å²) in [4.78, 5) is 31.6. The Morgan fingerprint density at radius 3 is 2.61 bits per heavy atom. The third-order valence-electron chi connectivity index (χ3n) is 6.68. The summed E-state index contributed by atoms with van der Waals surface area (Å²) >= 11 is 0. The van der Waals surface area contributed by atoms with Gasteiger partial charge in [0.2, 0.25) is 5.78 Å². The number of carbonyl (C=O) groups excluding carboxylic acids is 2. The van der Waals surface area contributed by atoms with E-state index in [1.165, 1.54) is 17.0 Å². The summed E-state index contributed by atoms with van der Waals surface area (Å²) in [6.45, 7) is 0.252. The van der Waals surface area contributed by atoms with Gasteiger partial charge in [0.25, 0.3) is 5.91 Å². The van der Waals surface area contributed by atoms with E-state index in [-0.39, 0.29) is 23.6 Å². The Kier molecular flexibility index (Phi) is 5.11.